The minimum atomic E-state index is -4.75. The number of aromatic nitrogens is 3. The Morgan fingerprint density at radius 3 is 2.03 bits per heavy atom. The van der Waals surface area contributed by atoms with Crippen LogP contribution in [-0.4, -0.2) is 62.4 Å². The van der Waals surface area contributed by atoms with Gasteiger partial charge in [-0.25, -0.2) is 9.48 Å². The fraction of sp³-hybridized carbons (Fsp3) is 0.429. The number of hydrogen-bond donors (Lipinski definition) is 1. The van der Waals surface area contributed by atoms with Gasteiger partial charge in [0.05, 0.1) is 6.04 Å². The first-order valence-electron chi connectivity index (χ1n) is 10.4. The molecule has 0 radical (unpaired) electrons. The van der Waals surface area contributed by atoms with Crippen LogP contribution >= 0.6 is 0 Å². The van der Waals surface area contributed by atoms with Gasteiger partial charge in [-0.1, -0.05) is 0 Å². The van der Waals surface area contributed by atoms with E-state index in [2.05, 4.69) is 15.4 Å². The van der Waals surface area contributed by atoms with E-state index >= 15 is 0 Å². The van der Waals surface area contributed by atoms with Crippen molar-refractivity contribution in [2.75, 3.05) is 19.4 Å². The summed E-state index contributed by atoms with van der Waals surface area (Å²) in [6, 6.07) is 1.21. The summed E-state index contributed by atoms with van der Waals surface area (Å²) in [7, 11) is 2.33. The van der Waals surface area contributed by atoms with Crippen LogP contribution < -0.4 is 10.1 Å². The lowest BCUT2D eigenvalue weighted by Gasteiger charge is -2.32. The fourth-order valence-corrected chi connectivity index (χ4v) is 3.45. The summed E-state index contributed by atoms with van der Waals surface area (Å²) in [5.41, 5.74) is 1.15. The van der Waals surface area contributed by atoms with Crippen LogP contribution in [0, 0.1) is 19.8 Å². The summed E-state index contributed by atoms with van der Waals surface area (Å²) < 4.78 is 45.7. The smallest absolute Gasteiger partial charge is 0.424 e. The van der Waals surface area contributed by atoms with Crippen molar-refractivity contribution in [1.82, 2.24) is 24.6 Å². The number of carbonyl (C=O) groups excluding carboxylic acids is 4. The Morgan fingerprint density at radius 1 is 1.06 bits per heavy atom. The molecular formula is C21H23F3N6O5. The third kappa shape index (κ3) is 4.81. The highest BCUT2D eigenvalue weighted by atomic mass is 19.4. The Morgan fingerprint density at radius 2 is 1.57 bits per heavy atom. The van der Waals surface area contributed by atoms with Crippen molar-refractivity contribution >= 4 is 29.4 Å². The van der Waals surface area contributed by atoms with Crippen molar-refractivity contribution in [3.8, 4) is 11.8 Å². The predicted octanol–water partition coefficient (Wildman–Crippen LogP) is 2.89. The van der Waals surface area contributed by atoms with Gasteiger partial charge in [-0.15, -0.1) is 5.10 Å². The molecule has 2 aromatic rings. The quantitative estimate of drug-likeness (QED) is 0.631. The van der Waals surface area contributed by atoms with Crippen LogP contribution in [0.15, 0.2) is 12.1 Å². The Bertz CT molecular complexity index is 1180. The lowest BCUT2D eigenvalue weighted by molar-refractivity contribution is -0.151. The number of urea groups is 1. The van der Waals surface area contributed by atoms with Crippen molar-refractivity contribution in [1.29, 1.82) is 0 Å². The van der Waals surface area contributed by atoms with Crippen LogP contribution in [0.3, 0.4) is 0 Å². The van der Waals surface area contributed by atoms with Gasteiger partial charge in [0, 0.05) is 19.8 Å². The highest BCUT2D eigenvalue weighted by Gasteiger charge is 2.47. The van der Waals surface area contributed by atoms with Crippen LogP contribution in [0.5, 0.6) is 11.8 Å². The van der Waals surface area contributed by atoms with E-state index in [-0.39, 0.29) is 17.4 Å². The van der Waals surface area contributed by atoms with E-state index in [1.807, 2.05) is 0 Å². The second-order valence-electron chi connectivity index (χ2n) is 8.29. The molecule has 1 aliphatic rings. The average Bonchev–Trinajstić information content (AvgIpc) is 3.18. The topological polar surface area (TPSA) is 127 Å². The molecule has 0 bridgehead atoms. The molecule has 1 aromatic heterocycles. The number of anilines is 1. The molecule has 0 unspecified atom stereocenters. The highest BCUT2D eigenvalue weighted by molar-refractivity contribution is 6.28. The molecule has 1 aromatic carbocycles. The molecule has 188 valence electrons. The molecular weight excluding hydrogens is 473 g/mol. The number of rotatable bonds is 5. The number of alkyl halides is 3. The zero-order valence-corrected chi connectivity index (χ0v) is 19.7. The minimum absolute atomic E-state index is 0.135. The van der Waals surface area contributed by atoms with Gasteiger partial charge in [-0.3, -0.25) is 24.2 Å². The number of hydrogen-bond acceptors (Lipinski definition) is 7. The maximum absolute atomic E-state index is 13.1. The van der Waals surface area contributed by atoms with E-state index < -0.39 is 47.7 Å². The number of halogens is 3. The van der Waals surface area contributed by atoms with Crippen LogP contribution in [0.1, 0.15) is 36.8 Å². The van der Waals surface area contributed by atoms with Crippen molar-refractivity contribution in [2.24, 2.45) is 5.92 Å². The summed E-state index contributed by atoms with van der Waals surface area (Å²) in [5, 5.41) is 5.99. The van der Waals surface area contributed by atoms with Crippen molar-refractivity contribution in [3.05, 3.63) is 29.1 Å². The molecule has 14 heteroatoms. The molecule has 2 heterocycles. The third-order valence-electron chi connectivity index (χ3n) is 5.30. The number of imide groups is 2. The van der Waals surface area contributed by atoms with Crippen LogP contribution in [0.2, 0.25) is 0 Å². The first-order chi connectivity index (χ1) is 16.1. The monoisotopic (exact) mass is 496 g/mol. The number of amides is 5. The fourth-order valence-electron chi connectivity index (χ4n) is 3.45. The maximum atomic E-state index is 13.1. The molecule has 1 fully saturated rings. The molecule has 3 rings (SSSR count). The average molecular weight is 496 g/mol. The first kappa shape index (κ1) is 25.6. The summed E-state index contributed by atoms with van der Waals surface area (Å²) in [5.74, 6) is -5.80. The van der Waals surface area contributed by atoms with E-state index in [1.54, 1.807) is 27.7 Å². The summed E-state index contributed by atoms with van der Waals surface area (Å²) in [6.07, 6.45) is -4.75. The Hall–Kier alpha value is -3.97. The van der Waals surface area contributed by atoms with Crippen molar-refractivity contribution in [3.63, 3.8) is 0 Å². The number of carbonyl (C=O) groups is 4. The molecule has 5 amide bonds. The van der Waals surface area contributed by atoms with Gasteiger partial charge in [0.25, 0.3) is 17.6 Å². The van der Waals surface area contributed by atoms with Crippen molar-refractivity contribution in [2.45, 2.75) is 39.9 Å². The molecule has 0 spiro atoms. The molecule has 35 heavy (non-hydrogen) atoms. The molecule has 1 aliphatic heterocycles. The van der Waals surface area contributed by atoms with E-state index in [4.69, 9.17) is 4.74 Å². The van der Waals surface area contributed by atoms with E-state index in [1.165, 1.54) is 12.1 Å². The van der Waals surface area contributed by atoms with Crippen LogP contribution in [0.25, 0.3) is 0 Å². The molecule has 0 aliphatic carbocycles. The SMILES string of the molecule is Cc1cc(Oc2nc(C(F)(F)F)nn2C(C)C)cc(C)c1NC(=O)C1C(=O)N(C)C(=O)N(C)C1=O. The van der Waals surface area contributed by atoms with Gasteiger partial charge in [0.15, 0.2) is 5.92 Å². The number of ether oxygens (including phenoxy) is 1. The normalized spacial score (nSPS) is 15.3. The molecule has 1 saturated heterocycles. The highest BCUT2D eigenvalue weighted by Crippen LogP contribution is 2.33. The molecule has 1 N–H and O–H groups in total. The zero-order valence-electron chi connectivity index (χ0n) is 19.7. The standard InChI is InChI=1S/C21H23F3N6O5/c1-9(2)30-19(26-18(27-30)21(22,23)24)35-12-7-10(3)14(11(4)8-12)25-15(31)13-16(32)28(5)20(34)29(6)17(13)33/h7-9,13H,1-6H3,(H,25,31). The third-order valence-corrected chi connectivity index (χ3v) is 5.30. The number of nitrogens with zero attached hydrogens (tertiary/aromatic N) is 5. The maximum Gasteiger partial charge on any atom is 0.453 e. The predicted molar refractivity (Wildman–Crippen MR) is 114 cm³/mol. The largest absolute Gasteiger partial charge is 0.453 e. The Kier molecular flexibility index (Phi) is 6.59. The number of barbiturate groups is 1. The van der Waals surface area contributed by atoms with Crippen LogP contribution in [0.4, 0.5) is 23.7 Å². The Labute approximate surface area is 197 Å². The number of aryl methyl sites for hydroxylation is 2. The molecule has 0 saturated carbocycles. The van der Waals surface area contributed by atoms with Gasteiger partial charge >= 0.3 is 18.2 Å². The summed E-state index contributed by atoms with van der Waals surface area (Å²) in [4.78, 5) is 54.3. The van der Waals surface area contributed by atoms with Gasteiger partial charge in [0.1, 0.15) is 5.75 Å². The molecule has 0 atom stereocenters. The van der Waals surface area contributed by atoms with E-state index in [0.29, 0.717) is 20.9 Å². The second-order valence-corrected chi connectivity index (χ2v) is 8.29. The van der Waals surface area contributed by atoms with E-state index in [0.717, 1.165) is 18.8 Å². The lowest BCUT2D eigenvalue weighted by Crippen LogP contribution is -2.59. The van der Waals surface area contributed by atoms with Crippen LogP contribution in [-0.2, 0) is 20.6 Å². The minimum Gasteiger partial charge on any atom is -0.424 e. The number of nitrogens with one attached hydrogen (secondary N) is 1. The first-order valence-corrected chi connectivity index (χ1v) is 10.4. The zero-order chi connectivity index (χ0) is 26.4. The van der Waals surface area contributed by atoms with Gasteiger partial charge in [0.2, 0.25) is 5.91 Å². The second kappa shape index (κ2) is 9.00. The van der Waals surface area contributed by atoms with E-state index in [9.17, 15) is 32.3 Å². The van der Waals surface area contributed by atoms with Gasteiger partial charge < -0.3 is 10.1 Å². The van der Waals surface area contributed by atoms with Gasteiger partial charge in [-0.05, 0) is 51.0 Å². The summed E-state index contributed by atoms with van der Waals surface area (Å²) >= 11 is 0. The van der Waals surface area contributed by atoms with Gasteiger partial charge in [-0.2, -0.15) is 18.2 Å². The van der Waals surface area contributed by atoms with Crippen molar-refractivity contribution < 1.29 is 37.1 Å². The summed E-state index contributed by atoms with van der Waals surface area (Å²) in [6.45, 7) is 6.42. The number of benzene rings is 1. The Balaban J connectivity index is 1.87. The molecule has 11 nitrogen and oxygen atoms in total. The lowest BCUT2D eigenvalue weighted by atomic mass is 10.0.